The summed E-state index contributed by atoms with van der Waals surface area (Å²) in [6.45, 7) is 3.74. The van der Waals surface area contributed by atoms with Gasteiger partial charge in [0.05, 0.1) is 0 Å². The summed E-state index contributed by atoms with van der Waals surface area (Å²) < 4.78 is 0. The average molecular weight is 128 g/mol. The Balaban J connectivity index is 0.000000291. The van der Waals surface area contributed by atoms with Crippen molar-refractivity contribution in [3.05, 3.63) is 12.7 Å². The Bertz CT molecular complexity index is 63.0. The first-order valence-corrected chi connectivity index (χ1v) is 3.51. The normalized spacial score (nSPS) is 18.4. The van der Waals surface area contributed by atoms with Gasteiger partial charge in [-0.2, -0.15) is 0 Å². The molecule has 1 aliphatic carbocycles. The predicted octanol–water partition coefficient (Wildman–Crippen LogP) is 1.97. The molecule has 1 nitrogen and oxygen atoms in total. The molecule has 0 unspecified atom stereocenters. The first kappa shape index (κ1) is 8.70. The number of allylic oxidation sites excluding steroid dienone is 1. The van der Waals surface area contributed by atoms with E-state index in [9.17, 15) is 0 Å². The zero-order chi connectivity index (χ0) is 7.11. The van der Waals surface area contributed by atoms with Crippen molar-refractivity contribution in [3.63, 3.8) is 0 Å². The van der Waals surface area contributed by atoms with Gasteiger partial charge in [0.15, 0.2) is 0 Å². The molecule has 0 spiro atoms. The zero-order valence-electron chi connectivity index (χ0n) is 6.14. The van der Waals surface area contributed by atoms with Gasteiger partial charge in [-0.05, 0) is 18.8 Å². The number of hydrogen-bond donors (Lipinski definition) is 1. The first-order valence-electron chi connectivity index (χ1n) is 3.51. The molecule has 0 radical (unpaired) electrons. The van der Waals surface area contributed by atoms with Crippen LogP contribution in [-0.2, 0) is 0 Å². The quantitative estimate of drug-likeness (QED) is 0.535. The van der Waals surface area contributed by atoms with E-state index in [0.717, 1.165) is 13.0 Å². The molecule has 0 heterocycles. The fourth-order valence-electron chi connectivity index (χ4n) is 1.19. The number of aliphatic hydroxyl groups is 1. The summed E-state index contributed by atoms with van der Waals surface area (Å²) >= 11 is 0. The van der Waals surface area contributed by atoms with Gasteiger partial charge in [-0.25, -0.2) is 0 Å². The SMILES string of the molecule is C=CC1CCCC1.CO. The predicted molar refractivity (Wildman–Crippen MR) is 40.3 cm³/mol. The monoisotopic (exact) mass is 128 g/mol. The van der Waals surface area contributed by atoms with Gasteiger partial charge in [0.1, 0.15) is 0 Å². The fourth-order valence-corrected chi connectivity index (χ4v) is 1.19. The standard InChI is InChI=1S/C7H12.CH4O/c1-2-7-5-3-4-6-7;1-2/h2,7H,1,3-6H2;2H,1H3. The lowest BCUT2D eigenvalue weighted by molar-refractivity contribution is 0.399. The second kappa shape index (κ2) is 5.83. The van der Waals surface area contributed by atoms with E-state index in [-0.39, 0.29) is 0 Å². The average Bonchev–Trinajstić information content (AvgIpc) is 2.43. The van der Waals surface area contributed by atoms with Crippen LogP contribution in [0.1, 0.15) is 25.7 Å². The summed E-state index contributed by atoms with van der Waals surface area (Å²) in [5, 5.41) is 7.00. The lowest BCUT2D eigenvalue weighted by Crippen LogP contribution is -1.81. The topological polar surface area (TPSA) is 20.2 Å². The van der Waals surface area contributed by atoms with E-state index in [2.05, 4.69) is 12.7 Å². The van der Waals surface area contributed by atoms with E-state index >= 15 is 0 Å². The molecule has 1 aliphatic rings. The van der Waals surface area contributed by atoms with Crippen molar-refractivity contribution in [2.45, 2.75) is 25.7 Å². The second-order valence-corrected chi connectivity index (χ2v) is 2.28. The van der Waals surface area contributed by atoms with Gasteiger partial charge < -0.3 is 5.11 Å². The van der Waals surface area contributed by atoms with Crippen LogP contribution in [-0.4, -0.2) is 12.2 Å². The minimum Gasteiger partial charge on any atom is -0.400 e. The van der Waals surface area contributed by atoms with Crippen molar-refractivity contribution in [1.82, 2.24) is 0 Å². The second-order valence-electron chi connectivity index (χ2n) is 2.28. The van der Waals surface area contributed by atoms with E-state index in [4.69, 9.17) is 5.11 Å². The summed E-state index contributed by atoms with van der Waals surface area (Å²) in [4.78, 5) is 0. The summed E-state index contributed by atoms with van der Waals surface area (Å²) in [6.07, 6.45) is 7.73. The minimum absolute atomic E-state index is 0.861. The molecule has 1 heteroatoms. The largest absolute Gasteiger partial charge is 0.400 e. The lowest BCUT2D eigenvalue weighted by Gasteiger charge is -1.94. The Kier molecular flexibility index (Phi) is 5.64. The number of rotatable bonds is 1. The van der Waals surface area contributed by atoms with E-state index in [0.29, 0.717) is 0 Å². The van der Waals surface area contributed by atoms with E-state index < -0.39 is 0 Å². The maximum atomic E-state index is 7.00. The fraction of sp³-hybridized carbons (Fsp3) is 0.750. The van der Waals surface area contributed by atoms with Crippen LogP contribution in [0, 0.1) is 5.92 Å². The molecule has 0 aliphatic heterocycles. The lowest BCUT2D eigenvalue weighted by atomic mass is 10.1. The number of hydrogen-bond acceptors (Lipinski definition) is 1. The Morgan fingerprint density at radius 3 is 2.00 bits per heavy atom. The van der Waals surface area contributed by atoms with Crippen molar-refractivity contribution < 1.29 is 5.11 Å². The molecule has 1 N–H and O–H groups in total. The molecule has 0 amide bonds. The highest BCUT2D eigenvalue weighted by Gasteiger charge is 2.09. The Labute approximate surface area is 57.4 Å². The molecule has 0 aromatic rings. The van der Waals surface area contributed by atoms with Crippen LogP contribution in [0.5, 0.6) is 0 Å². The van der Waals surface area contributed by atoms with Crippen LogP contribution in [0.15, 0.2) is 12.7 Å². The molecule has 1 saturated carbocycles. The van der Waals surface area contributed by atoms with E-state index in [1.165, 1.54) is 25.7 Å². The van der Waals surface area contributed by atoms with Crippen molar-refractivity contribution in [2.24, 2.45) is 5.92 Å². The first-order chi connectivity index (χ1) is 4.43. The van der Waals surface area contributed by atoms with Gasteiger partial charge in [-0.3, -0.25) is 0 Å². The highest BCUT2D eigenvalue weighted by molar-refractivity contribution is 4.82. The third-order valence-electron chi connectivity index (χ3n) is 1.73. The van der Waals surface area contributed by atoms with Crippen molar-refractivity contribution >= 4 is 0 Å². The molecular weight excluding hydrogens is 112 g/mol. The minimum atomic E-state index is 0.861. The molecule has 0 atom stereocenters. The third-order valence-corrected chi connectivity index (χ3v) is 1.73. The van der Waals surface area contributed by atoms with Gasteiger partial charge in [0.25, 0.3) is 0 Å². The summed E-state index contributed by atoms with van der Waals surface area (Å²) in [5.74, 6) is 0.861. The summed E-state index contributed by atoms with van der Waals surface area (Å²) in [6, 6.07) is 0. The van der Waals surface area contributed by atoms with Crippen LogP contribution >= 0.6 is 0 Å². The van der Waals surface area contributed by atoms with Gasteiger partial charge in [0, 0.05) is 7.11 Å². The highest BCUT2D eigenvalue weighted by atomic mass is 16.2. The van der Waals surface area contributed by atoms with E-state index in [1.54, 1.807) is 0 Å². The smallest absolute Gasteiger partial charge is 0.0319 e. The molecule has 0 bridgehead atoms. The van der Waals surface area contributed by atoms with Gasteiger partial charge in [0.2, 0.25) is 0 Å². The van der Waals surface area contributed by atoms with E-state index in [1.807, 2.05) is 0 Å². The third kappa shape index (κ3) is 3.31. The Morgan fingerprint density at radius 1 is 1.33 bits per heavy atom. The Morgan fingerprint density at radius 2 is 1.78 bits per heavy atom. The van der Waals surface area contributed by atoms with Crippen LogP contribution < -0.4 is 0 Å². The molecule has 1 fully saturated rings. The molecule has 0 aromatic heterocycles. The van der Waals surface area contributed by atoms with Crippen LogP contribution in [0.25, 0.3) is 0 Å². The van der Waals surface area contributed by atoms with Gasteiger partial charge in [-0.1, -0.05) is 18.9 Å². The molecular formula is C8H16O. The molecule has 0 saturated heterocycles. The molecule has 1 rings (SSSR count). The molecule has 9 heavy (non-hydrogen) atoms. The molecule has 0 aromatic carbocycles. The summed E-state index contributed by atoms with van der Waals surface area (Å²) in [7, 11) is 1.00. The maximum Gasteiger partial charge on any atom is 0.0319 e. The highest BCUT2D eigenvalue weighted by Crippen LogP contribution is 2.24. The summed E-state index contributed by atoms with van der Waals surface area (Å²) in [5.41, 5.74) is 0. The van der Waals surface area contributed by atoms with Crippen LogP contribution in [0.4, 0.5) is 0 Å². The molecule has 54 valence electrons. The van der Waals surface area contributed by atoms with Crippen LogP contribution in [0.3, 0.4) is 0 Å². The van der Waals surface area contributed by atoms with Crippen molar-refractivity contribution in [1.29, 1.82) is 0 Å². The van der Waals surface area contributed by atoms with Gasteiger partial charge >= 0.3 is 0 Å². The van der Waals surface area contributed by atoms with Gasteiger partial charge in [-0.15, -0.1) is 6.58 Å². The Hall–Kier alpha value is -0.300. The van der Waals surface area contributed by atoms with Crippen molar-refractivity contribution in [3.8, 4) is 0 Å². The maximum absolute atomic E-state index is 7.00. The van der Waals surface area contributed by atoms with Crippen molar-refractivity contribution in [2.75, 3.05) is 7.11 Å². The van der Waals surface area contributed by atoms with Crippen LogP contribution in [0.2, 0.25) is 0 Å². The zero-order valence-corrected chi connectivity index (χ0v) is 6.14. The number of aliphatic hydroxyl groups excluding tert-OH is 1.